The molecule has 5 heterocycles. The first-order valence-electron chi connectivity index (χ1n) is 31.7. The van der Waals surface area contributed by atoms with Crippen LogP contribution >= 0.6 is 0 Å². The number of rotatable bonds is 37. The number of nitrogens with zero attached hydrogens (tertiary/aromatic N) is 6. The number of ether oxygens (including phenoxy) is 6. The summed E-state index contributed by atoms with van der Waals surface area (Å²) in [6.07, 6.45) is 22.3. The number of hydrogen-bond acceptors (Lipinski definition) is 12. The summed E-state index contributed by atoms with van der Waals surface area (Å²) in [6, 6.07) is 4.15. The molecule has 0 aliphatic carbocycles. The molecule has 0 atom stereocenters. The number of aryl methyl sites for hydroxylation is 1. The highest BCUT2D eigenvalue weighted by Crippen LogP contribution is 2.35. The molecule has 0 bridgehead atoms. The molecule has 1 aromatic rings. The van der Waals surface area contributed by atoms with E-state index in [1.807, 2.05) is 6.20 Å². The van der Waals surface area contributed by atoms with Crippen molar-refractivity contribution in [3.05, 3.63) is 24.0 Å². The average Bonchev–Trinajstić information content (AvgIpc) is 3.37. The van der Waals surface area contributed by atoms with E-state index >= 15 is 0 Å². The van der Waals surface area contributed by atoms with Gasteiger partial charge >= 0.3 is 0 Å². The van der Waals surface area contributed by atoms with Crippen LogP contribution in [0.2, 0.25) is 0 Å². The maximum atomic E-state index is 6.36. The van der Waals surface area contributed by atoms with E-state index in [1.165, 1.54) is 70.9 Å². The van der Waals surface area contributed by atoms with Crippen molar-refractivity contribution in [2.75, 3.05) is 125 Å². The van der Waals surface area contributed by atoms with Crippen molar-refractivity contribution in [3.8, 4) is 17.6 Å². The Balaban J connectivity index is 0.812. The Hall–Kier alpha value is -1.89. The molecule has 5 rings (SSSR count). The van der Waals surface area contributed by atoms with E-state index in [-0.39, 0.29) is 33.2 Å². The first-order chi connectivity index (χ1) is 36.9. The predicted octanol–water partition coefficient (Wildman–Crippen LogP) is 12.2. The molecule has 450 valence electrons. The minimum atomic E-state index is -0.206. The second-order valence-corrected chi connectivity index (χ2v) is 28.6. The summed E-state index contributed by atoms with van der Waals surface area (Å²) in [5.41, 5.74) is 1.49. The number of hydrogen-bond donors (Lipinski definition) is 0. The summed E-state index contributed by atoms with van der Waals surface area (Å²) in [5.74, 6) is 8.84. The van der Waals surface area contributed by atoms with Crippen molar-refractivity contribution in [2.45, 2.75) is 246 Å². The SMILES string of the molecule is CC(C)(C#CCN1CCN(CCCOC2CN(C(C)(C)C)C2)CC1)CCC(C)(C)OCCCOc1ccc(CCCOC2CN(C(C)(C)CCC(C)(C)N3CCC(CCCCCOCCCCCOC(C)(C)C)CC3)C2)nc1. The van der Waals surface area contributed by atoms with Gasteiger partial charge in [0.15, 0.2) is 0 Å². The molecule has 12 nitrogen and oxygen atoms in total. The first kappa shape index (κ1) is 66.9. The molecule has 0 unspecified atom stereocenters. The summed E-state index contributed by atoms with van der Waals surface area (Å²) in [7, 11) is 0. The topological polar surface area (TPSA) is 84.5 Å². The lowest BCUT2D eigenvalue weighted by Crippen LogP contribution is -2.61. The van der Waals surface area contributed by atoms with Crippen LogP contribution in [0, 0.1) is 23.2 Å². The lowest BCUT2D eigenvalue weighted by molar-refractivity contribution is -0.0979. The molecule has 0 spiro atoms. The molecule has 0 N–H and O–H groups in total. The lowest BCUT2D eigenvalue weighted by atomic mass is 9.83. The van der Waals surface area contributed by atoms with Crippen molar-refractivity contribution < 1.29 is 28.4 Å². The normalized spacial score (nSPS) is 19.0. The maximum Gasteiger partial charge on any atom is 0.137 e. The standard InChI is InChI=1S/C66H120N6O6/c1-61(2,3)71-52-59(53-71)76-47-23-37-69-42-40-68(41-43-69)36-22-31-63(7,8)32-35-66(13,14)78-50-24-48-74-58-28-27-57(67-51-58)26-21-46-75-60-54-72(55-60)65(11,12)34-33-64(9,10)70-38-29-56(30-39-70)25-17-15-18-44-73-45-19-16-20-49-77-62(4,5)6/h27-28,51,56,59-60H,15-21,23-26,29-30,32-50,52-55H2,1-14H3. The summed E-state index contributed by atoms with van der Waals surface area (Å²) in [6.45, 7) is 50.7. The summed E-state index contributed by atoms with van der Waals surface area (Å²) in [5, 5.41) is 0. The smallest absolute Gasteiger partial charge is 0.137 e. The van der Waals surface area contributed by atoms with Gasteiger partial charge < -0.3 is 33.3 Å². The minimum Gasteiger partial charge on any atom is -0.492 e. The zero-order valence-electron chi connectivity index (χ0n) is 53.1. The van der Waals surface area contributed by atoms with Crippen molar-refractivity contribution in [3.63, 3.8) is 0 Å². The fourth-order valence-electron chi connectivity index (χ4n) is 11.3. The Morgan fingerprint density at radius 2 is 1.13 bits per heavy atom. The molecule has 4 saturated heterocycles. The fraction of sp³-hybridized carbons (Fsp3) is 0.894. The quantitative estimate of drug-likeness (QED) is 0.0470. The highest BCUT2D eigenvalue weighted by molar-refractivity contribution is 5.20. The number of aromatic nitrogens is 1. The summed E-state index contributed by atoms with van der Waals surface area (Å²) in [4.78, 5) is 17.7. The van der Waals surface area contributed by atoms with E-state index in [2.05, 4.69) is 145 Å². The van der Waals surface area contributed by atoms with Crippen molar-refractivity contribution in [1.82, 2.24) is 29.5 Å². The third kappa shape index (κ3) is 26.6. The monoisotopic (exact) mass is 1090 g/mol. The molecular weight excluding hydrogens is 973 g/mol. The van der Waals surface area contributed by atoms with Crippen molar-refractivity contribution in [1.29, 1.82) is 0 Å². The van der Waals surface area contributed by atoms with Gasteiger partial charge in [0.05, 0.1) is 49.4 Å². The number of likely N-dealkylation sites (tertiary alicyclic amines) is 3. The van der Waals surface area contributed by atoms with Crippen LogP contribution in [-0.2, 0) is 30.1 Å². The molecule has 4 aliphatic rings. The van der Waals surface area contributed by atoms with Crippen LogP contribution in [-0.4, -0.2) is 194 Å². The number of pyridine rings is 1. The molecule has 1 aromatic heterocycles. The minimum absolute atomic E-state index is 0.0262. The van der Waals surface area contributed by atoms with Gasteiger partial charge in [0.25, 0.3) is 0 Å². The Kier molecular flexibility index (Phi) is 28.2. The molecular formula is C66H120N6O6. The molecule has 0 aromatic carbocycles. The number of unbranched alkanes of at least 4 members (excludes halogenated alkanes) is 4. The van der Waals surface area contributed by atoms with E-state index < -0.39 is 0 Å². The Morgan fingerprint density at radius 3 is 1.76 bits per heavy atom. The van der Waals surface area contributed by atoms with Crippen LogP contribution in [0.3, 0.4) is 0 Å². The molecule has 4 aliphatic heterocycles. The van der Waals surface area contributed by atoms with Crippen LogP contribution in [0.4, 0.5) is 0 Å². The highest BCUT2D eigenvalue weighted by atomic mass is 16.5. The molecule has 0 amide bonds. The maximum absolute atomic E-state index is 6.36. The van der Waals surface area contributed by atoms with Crippen LogP contribution in [0.1, 0.15) is 205 Å². The number of piperidine rings is 1. The van der Waals surface area contributed by atoms with E-state index in [0.29, 0.717) is 25.4 Å². The molecule has 12 heteroatoms. The summed E-state index contributed by atoms with van der Waals surface area (Å²) >= 11 is 0. The largest absolute Gasteiger partial charge is 0.492 e. The molecule has 0 radical (unpaired) electrons. The van der Waals surface area contributed by atoms with Crippen molar-refractivity contribution >= 4 is 0 Å². The Morgan fingerprint density at radius 1 is 0.538 bits per heavy atom. The van der Waals surface area contributed by atoms with Gasteiger partial charge in [-0.25, -0.2) is 0 Å². The van der Waals surface area contributed by atoms with Gasteiger partial charge in [0.2, 0.25) is 0 Å². The lowest BCUT2D eigenvalue weighted by Gasteiger charge is -2.51. The van der Waals surface area contributed by atoms with Gasteiger partial charge in [-0.15, -0.1) is 0 Å². The molecule has 78 heavy (non-hydrogen) atoms. The van der Waals surface area contributed by atoms with E-state index in [4.69, 9.17) is 33.4 Å². The zero-order valence-corrected chi connectivity index (χ0v) is 53.1. The van der Waals surface area contributed by atoms with Gasteiger partial charge in [-0.05, 0) is 212 Å². The van der Waals surface area contributed by atoms with Gasteiger partial charge in [-0.2, -0.15) is 0 Å². The van der Waals surface area contributed by atoms with E-state index in [9.17, 15) is 0 Å². The second-order valence-electron chi connectivity index (χ2n) is 28.6. The molecule has 4 fully saturated rings. The second kappa shape index (κ2) is 32.8. The average molecular weight is 1090 g/mol. The highest BCUT2D eigenvalue weighted by Gasteiger charge is 2.40. The van der Waals surface area contributed by atoms with Gasteiger partial charge in [-0.3, -0.25) is 24.6 Å². The van der Waals surface area contributed by atoms with E-state index in [1.54, 1.807) is 0 Å². The summed E-state index contributed by atoms with van der Waals surface area (Å²) < 4.78 is 36.6. The van der Waals surface area contributed by atoms with Gasteiger partial charge in [-0.1, -0.05) is 31.1 Å². The first-order valence-corrected chi connectivity index (χ1v) is 31.7. The third-order valence-electron chi connectivity index (χ3n) is 17.5. The van der Waals surface area contributed by atoms with Crippen LogP contribution < -0.4 is 4.74 Å². The van der Waals surface area contributed by atoms with E-state index in [0.717, 1.165) is 167 Å². The van der Waals surface area contributed by atoms with Crippen LogP contribution in [0.25, 0.3) is 0 Å². The van der Waals surface area contributed by atoms with Crippen LogP contribution in [0.15, 0.2) is 18.3 Å². The van der Waals surface area contributed by atoms with Gasteiger partial charge in [0, 0.05) is 126 Å². The zero-order chi connectivity index (χ0) is 56.7. The van der Waals surface area contributed by atoms with Crippen LogP contribution in [0.5, 0.6) is 5.75 Å². The Bertz CT molecular complexity index is 1820. The third-order valence-corrected chi connectivity index (χ3v) is 17.5. The van der Waals surface area contributed by atoms with Crippen molar-refractivity contribution in [2.24, 2.45) is 11.3 Å². The molecule has 0 saturated carbocycles. The number of piperazine rings is 1. The fourth-order valence-corrected chi connectivity index (χ4v) is 11.3. The predicted molar refractivity (Wildman–Crippen MR) is 324 cm³/mol. The Labute approximate surface area is 479 Å². The van der Waals surface area contributed by atoms with Gasteiger partial charge in [0.1, 0.15) is 5.75 Å².